The molecule has 2 aromatic heterocycles. The van der Waals surface area contributed by atoms with Crippen LogP contribution in [0.2, 0.25) is 0 Å². The van der Waals surface area contributed by atoms with Gasteiger partial charge in [-0.05, 0) is 28.3 Å². The van der Waals surface area contributed by atoms with Crippen LogP contribution in [-0.4, -0.2) is 26.6 Å². The molecule has 0 N–H and O–H groups in total. The van der Waals surface area contributed by atoms with Crippen LogP contribution in [0.15, 0.2) is 27.5 Å². The summed E-state index contributed by atoms with van der Waals surface area (Å²) in [5, 5.41) is 4.46. The molecule has 2 rings (SSSR count). The van der Waals surface area contributed by atoms with Crippen LogP contribution < -0.4 is 0 Å². The predicted octanol–water partition coefficient (Wildman–Crippen LogP) is 3.19. The average molecular weight is 314 g/mol. The van der Waals surface area contributed by atoms with Crippen molar-refractivity contribution in [2.75, 3.05) is 6.26 Å². The lowest BCUT2D eigenvalue weighted by molar-refractivity contribution is 0.379. The molecule has 2 aromatic rings. The Balaban J connectivity index is 2.21. The highest BCUT2D eigenvalue weighted by molar-refractivity contribution is 9.10. The maximum Gasteiger partial charge on any atom is 0.228 e. The quantitative estimate of drug-likeness (QED) is 0.867. The third kappa shape index (κ3) is 3.07. The highest BCUT2D eigenvalue weighted by atomic mass is 79.9. The zero-order chi connectivity index (χ0) is 12.3. The lowest BCUT2D eigenvalue weighted by Crippen LogP contribution is -2.00. The number of rotatable bonds is 4. The fraction of sp³-hybridized carbons (Fsp3) is 0.364. The van der Waals surface area contributed by atoms with Crippen LogP contribution in [0.3, 0.4) is 0 Å². The van der Waals surface area contributed by atoms with E-state index in [1.165, 1.54) is 0 Å². The first-order valence-corrected chi connectivity index (χ1v) is 7.24. The Hall–Kier alpha value is -0.880. The van der Waals surface area contributed by atoms with E-state index in [1.54, 1.807) is 24.2 Å². The Morgan fingerprint density at radius 2 is 2.35 bits per heavy atom. The van der Waals surface area contributed by atoms with Crippen molar-refractivity contribution in [3.05, 3.63) is 28.8 Å². The summed E-state index contributed by atoms with van der Waals surface area (Å²) in [6, 6.07) is 1.86. The Labute approximate surface area is 112 Å². The van der Waals surface area contributed by atoms with Crippen molar-refractivity contribution in [1.82, 2.24) is 15.1 Å². The van der Waals surface area contributed by atoms with E-state index in [9.17, 15) is 0 Å². The molecule has 1 unspecified atom stereocenters. The molecule has 0 amide bonds. The molecule has 2 heterocycles. The second-order valence-electron chi connectivity index (χ2n) is 3.62. The van der Waals surface area contributed by atoms with E-state index in [4.69, 9.17) is 4.52 Å². The van der Waals surface area contributed by atoms with Crippen LogP contribution in [-0.2, 0) is 6.42 Å². The maximum absolute atomic E-state index is 5.23. The number of hydrogen-bond acceptors (Lipinski definition) is 5. The molecule has 4 nitrogen and oxygen atoms in total. The van der Waals surface area contributed by atoms with Gasteiger partial charge in [-0.3, -0.25) is 4.98 Å². The summed E-state index contributed by atoms with van der Waals surface area (Å²) in [6.07, 6.45) is 6.29. The normalized spacial score (nSPS) is 12.6. The van der Waals surface area contributed by atoms with Gasteiger partial charge >= 0.3 is 0 Å². The van der Waals surface area contributed by atoms with E-state index in [0.717, 1.165) is 16.5 Å². The number of nitrogens with zero attached hydrogens (tertiary/aromatic N) is 3. The fourth-order valence-electron chi connectivity index (χ4n) is 1.33. The zero-order valence-electron chi connectivity index (χ0n) is 9.55. The second kappa shape index (κ2) is 5.64. The van der Waals surface area contributed by atoms with Crippen molar-refractivity contribution in [1.29, 1.82) is 0 Å². The molecule has 0 fully saturated rings. The molecule has 0 aromatic carbocycles. The number of aromatic nitrogens is 3. The van der Waals surface area contributed by atoms with E-state index >= 15 is 0 Å². The summed E-state index contributed by atoms with van der Waals surface area (Å²) < 4.78 is 6.10. The summed E-state index contributed by atoms with van der Waals surface area (Å²) in [7, 11) is 0. The van der Waals surface area contributed by atoms with Gasteiger partial charge in [0.25, 0.3) is 0 Å². The van der Waals surface area contributed by atoms with Gasteiger partial charge in [-0.15, -0.1) is 0 Å². The molecule has 0 saturated carbocycles. The van der Waals surface area contributed by atoms with Crippen LogP contribution >= 0.6 is 27.7 Å². The largest absolute Gasteiger partial charge is 0.339 e. The van der Waals surface area contributed by atoms with Crippen molar-refractivity contribution >= 4 is 27.7 Å². The molecule has 0 bridgehead atoms. The Morgan fingerprint density at radius 3 is 3.06 bits per heavy atom. The first-order chi connectivity index (χ1) is 8.20. The summed E-state index contributed by atoms with van der Waals surface area (Å²) >= 11 is 5.20. The van der Waals surface area contributed by atoms with Crippen molar-refractivity contribution in [2.24, 2.45) is 0 Å². The molecule has 0 radical (unpaired) electrons. The minimum atomic E-state index is 0.476. The van der Waals surface area contributed by atoms with Crippen LogP contribution in [0, 0.1) is 0 Å². The number of pyridine rings is 1. The first kappa shape index (κ1) is 12.6. The Morgan fingerprint density at radius 1 is 1.53 bits per heavy atom. The van der Waals surface area contributed by atoms with Crippen LogP contribution in [0.4, 0.5) is 0 Å². The van der Waals surface area contributed by atoms with Gasteiger partial charge < -0.3 is 4.52 Å². The molecule has 1 atom stereocenters. The first-order valence-electron chi connectivity index (χ1n) is 5.16. The number of halogens is 1. The fourth-order valence-corrected chi connectivity index (χ4v) is 2.07. The van der Waals surface area contributed by atoms with Gasteiger partial charge in [0, 0.05) is 34.1 Å². The zero-order valence-corrected chi connectivity index (χ0v) is 12.0. The van der Waals surface area contributed by atoms with Gasteiger partial charge in [0.05, 0.1) is 0 Å². The third-order valence-electron chi connectivity index (χ3n) is 2.35. The van der Waals surface area contributed by atoms with E-state index < -0.39 is 0 Å². The van der Waals surface area contributed by atoms with Gasteiger partial charge in [0.2, 0.25) is 11.7 Å². The average Bonchev–Trinajstić information content (AvgIpc) is 2.78. The smallest absolute Gasteiger partial charge is 0.228 e. The Kier molecular flexibility index (Phi) is 4.17. The number of thioether (sulfide) groups is 1. The highest BCUT2D eigenvalue weighted by Crippen LogP contribution is 2.25. The summed E-state index contributed by atoms with van der Waals surface area (Å²) in [6.45, 7) is 2.14. The van der Waals surface area contributed by atoms with Crippen LogP contribution in [0.1, 0.15) is 12.8 Å². The van der Waals surface area contributed by atoms with Crippen molar-refractivity contribution in [3.8, 4) is 11.4 Å². The molecule has 0 saturated heterocycles. The monoisotopic (exact) mass is 313 g/mol. The van der Waals surface area contributed by atoms with Crippen molar-refractivity contribution in [2.45, 2.75) is 18.6 Å². The molecule has 0 aliphatic rings. The van der Waals surface area contributed by atoms with E-state index in [2.05, 4.69) is 44.2 Å². The van der Waals surface area contributed by atoms with Crippen LogP contribution in [0.5, 0.6) is 0 Å². The highest BCUT2D eigenvalue weighted by Gasteiger charge is 2.13. The lowest BCUT2D eigenvalue weighted by atomic mass is 10.2. The standard InChI is InChI=1S/C11H12BrN3OS/c1-7(17-2)5-10-14-11(15-16-10)8-3-4-13-6-9(8)12/h3-4,6-7H,5H2,1-2H3. The lowest BCUT2D eigenvalue weighted by Gasteiger charge is -2.01. The predicted molar refractivity (Wildman–Crippen MR) is 71.9 cm³/mol. The van der Waals surface area contributed by atoms with E-state index in [0.29, 0.717) is 17.0 Å². The topological polar surface area (TPSA) is 51.8 Å². The molecule has 0 aliphatic carbocycles. The SMILES string of the molecule is CSC(C)Cc1nc(-c2ccncc2Br)no1. The van der Waals surface area contributed by atoms with Gasteiger partial charge in [-0.2, -0.15) is 16.7 Å². The molecule has 90 valence electrons. The summed E-state index contributed by atoms with van der Waals surface area (Å²) in [4.78, 5) is 8.38. The van der Waals surface area contributed by atoms with Crippen molar-refractivity contribution < 1.29 is 4.52 Å². The van der Waals surface area contributed by atoms with Gasteiger partial charge in [0.1, 0.15) is 0 Å². The van der Waals surface area contributed by atoms with E-state index in [1.807, 2.05) is 6.07 Å². The van der Waals surface area contributed by atoms with Gasteiger partial charge in [-0.1, -0.05) is 12.1 Å². The van der Waals surface area contributed by atoms with E-state index in [-0.39, 0.29) is 0 Å². The second-order valence-corrected chi connectivity index (χ2v) is 5.75. The third-order valence-corrected chi connectivity index (χ3v) is 3.95. The molecule has 17 heavy (non-hydrogen) atoms. The van der Waals surface area contributed by atoms with Crippen molar-refractivity contribution in [3.63, 3.8) is 0 Å². The van der Waals surface area contributed by atoms with Gasteiger partial charge in [0.15, 0.2) is 0 Å². The van der Waals surface area contributed by atoms with Gasteiger partial charge in [-0.25, -0.2) is 0 Å². The van der Waals surface area contributed by atoms with Crippen LogP contribution in [0.25, 0.3) is 11.4 Å². The molecule has 0 aliphatic heterocycles. The summed E-state index contributed by atoms with van der Waals surface area (Å²) in [5.41, 5.74) is 0.895. The molecule has 0 spiro atoms. The summed E-state index contributed by atoms with van der Waals surface area (Å²) in [5.74, 6) is 1.27. The minimum Gasteiger partial charge on any atom is -0.339 e. The minimum absolute atomic E-state index is 0.476. The molecular formula is C11H12BrN3OS. The Bertz CT molecular complexity index is 503. The molecular weight excluding hydrogens is 302 g/mol. The number of hydrogen-bond donors (Lipinski definition) is 0. The molecule has 6 heteroatoms. The maximum atomic E-state index is 5.23.